The SMILES string of the molecule is CN(Cc1ncn[nH]1)C(=O)CCNC(=O)c1ccoc1. The van der Waals surface area contributed by atoms with Gasteiger partial charge in [0.05, 0.1) is 18.4 Å². The monoisotopic (exact) mass is 277 g/mol. The Morgan fingerprint density at radius 2 is 2.35 bits per heavy atom. The molecule has 0 aliphatic rings. The largest absolute Gasteiger partial charge is 0.472 e. The first-order valence-corrected chi connectivity index (χ1v) is 6.05. The number of aromatic nitrogens is 3. The van der Waals surface area contributed by atoms with Gasteiger partial charge in [-0.1, -0.05) is 0 Å². The summed E-state index contributed by atoms with van der Waals surface area (Å²) in [6, 6.07) is 1.56. The van der Waals surface area contributed by atoms with Crippen molar-refractivity contribution in [1.82, 2.24) is 25.4 Å². The molecule has 0 unspecified atom stereocenters. The fourth-order valence-electron chi connectivity index (χ4n) is 1.59. The molecular formula is C12H15N5O3. The molecule has 0 saturated carbocycles. The van der Waals surface area contributed by atoms with E-state index >= 15 is 0 Å². The van der Waals surface area contributed by atoms with E-state index in [-0.39, 0.29) is 24.8 Å². The van der Waals surface area contributed by atoms with Crippen molar-refractivity contribution in [3.63, 3.8) is 0 Å². The van der Waals surface area contributed by atoms with Gasteiger partial charge in [-0.05, 0) is 6.07 Å². The molecule has 2 heterocycles. The van der Waals surface area contributed by atoms with Crippen molar-refractivity contribution in [1.29, 1.82) is 0 Å². The topological polar surface area (TPSA) is 104 Å². The van der Waals surface area contributed by atoms with Crippen LogP contribution in [-0.2, 0) is 11.3 Å². The highest BCUT2D eigenvalue weighted by Crippen LogP contribution is 2.00. The fraction of sp³-hybridized carbons (Fsp3) is 0.333. The molecule has 2 amide bonds. The summed E-state index contributed by atoms with van der Waals surface area (Å²) in [5.41, 5.74) is 0.437. The Kier molecular flexibility index (Phi) is 4.48. The normalized spacial score (nSPS) is 10.2. The summed E-state index contributed by atoms with van der Waals surface area (Å²) in [6.45, 7) is 0.623. The molecule has 2 aromatic rings. The highest BCUT2D eigenvalue weighted by Gasteiger charge is 2.12. The second-order valence-corrected chi connectivity index (χ2v) is 4.20. The zero-order chi connectivity index (χ0) is 14.4. The van der Waals surface area contributed by atoms with Crippen LogP contribution in [0.4, 0.5) is 0 Å². The van der Waals surface area contributed by atoms with E-state index in [1.54, 1.807) is 13.1 Å². The number of aromatic amines is 1. The number of hydrogen-bond donors (Lipinski definition) is 2. The summed E-state index contributed by atoms with van der Waals surface area (Å²) in [6.07, 6.45) is 4.38. The van der Waals surface area contributed by atoms with Gasteiger partial charge in [-0.2, -0.15) is 5.10 Å². The summed E-state index contributed by atoms with van der Waals surface area (Å²) >= 11 is 0. The molecule has 2 aromatic heterocycles. The molecule has 106 valence electrons. The molecule has 2 N–H and O–H groups in total. The van der Waals surface area contributed by atoms with Crippen LogP contribution < -0.4 is 5.32 Å². The second-order valence-electron chi connectivity index (χ2n) is 4.20. The van der Waals surface area contributed by atoms with E-state index in [4.69, 9.17) is 4.42 Å². The van der Waals surface area contributed by atoms with Crippen LogP contribution in [0.15, 0.2) is 29.3 Å². The molecule has 8 nitrogen and oxygen atoms in total. The van der Waals surface area contributed by atoms with Gasteiger partial charge in [0.15, 0.2) is 0 Å². The van der Waals surface area contributed by atoms with E-state index in [2.05, 4.69) is 20.5 Å². The average molecular weight is 277 g/mol. The van der Waals surface area contributed by atoms with Gasteiger partial charge in [-0.25, -0.2) is 4.98 Å². The van der Waals surface area contributed by atoms with Gasteiger partial charge in [0.25, 0.3) is 5.91 Å². The predicted molar refractivity (Wildman–Crippen MR) is 68.5 cm³/mol. The maximum atomic E-state index is 11.8. The maximum Gasteiger partial charge on any atom is 0.254 e. The molecule has 0 aliphatic carbocycles. The lowest BCUT2D eigenvalue weighted by atomic mass is 10.3. The van der Waals surface area contributed by atoms with Crippen molar-refractivity contribution >= 4 is 11.8 Å². The molecule has 20 heavy (non-hydrogen) atoms. The third-order valence-electron chi connectivity index (χ3n) is 2.69. The number of nitrogens with one attached hydrogen (secondary N) is 2. The van der Waals surface area contributed by atoms with Crippen LogP contribution in [0, 0.1) is 0 Å². The number of carbonyl (C=O) groups is 2. The Hall–Kier alpha value is -2.64. The van der Waals surface area contributed by atoms with Crippen molar-refractivity contribution in [3.05, 3.63) is 36.3 Å². The van der Waals surface area contributed by atoms with E-state index in [1.807, 2.05) is 0 Å². The van der Waals surface area contributed by atoms with Crippen molar-refractivity contribution in [2.75, 3.05) is 13.6 Å². The number of carbonyl (C=O) groups excluding carboxylic acids is 2. The summed E-state index contributed by atoms with van der Waals surface area (Å²) in [5, 5.41) is 9.04. The van der Waals surface area contributed by atoms with E-state index in [0.29, 0.717) is 17.9 Å². The number of furan rings is 1. The fourth-order valence-corrected chi connectivity index (χ4v) is 1.59. The summed E-state index contributed by atoms with van der Waals surface area (Å²) in [4.78, 5) is 28.9. The van der Waals surface area contributed by atoms with Gasteiger partial charge in [0.1, 0.15) is 18.4 Å². The highest BCUT2D eigenvalue weighted by molar-refractivity contribution is 5.93. The molecule has 0 radical (unpaired) electrons. The van der Waals surface area contributed by atoms with Crippen LogP contribution in [0.1, 0.15) is 22.6 Å². The minimum atomic E-state index is -0.260. The minimum absolute atomic E-state index is 0.0890. The molecule has 0 spiro atoms. The van der Waals surface area contributed by atoms with E-state index in [1.165, 1.54) is 23.8 Å². The Morgan fingerprint density at radius 1 is 1.50 bits per heavy atom. The van der Waals surface area contributed by atoms with Crippen LogP contribution in [0.2, 0.25) is 0 Å². The van der Waals surface area contributed by atoms with Crippen LogP contribution in [0.3, 0.4) is 0 Å². The van der Waals surface area contributed by atoms with Crippen molar-refractivity contribution < 1.29 is 14.0 Å². The van der Waals surface area contributed by atoms with E-state index in [9.17, 15) is 9.59 Å². The summed E-state index contributed by atoms with van der Waals surface area (Å²) in [5.74, 6) is 0.265. The summed E-state index contributed by atoms with van der Waals surface area (Å²) in [7, 11) is 1.67. The van der Waals surface area contributed by atoms with Crippen LogP contribution in [0.25, 0.3) is 0 Å². The quantitative estimate of drug-likeness (QED) is 0.783. The highest BCUT2D eigenvalue weighted by atomic mass is 16.3. The lowest BCUT2D eigenvalue weighted by molar-refractivity contribution is -0.130. The third-order valence-corrected chi connectivity index (χ3v) is 2.69. The maximum absolute atomic E-state index is 11.8. The van der Waals surface area contributed by atoms with Gasteiger partial charge in [-0.15, -0.1) is 0 Å². The summed E-state index contributed by atoms with van der Waals surface area (Å²) < 4.78 is 4.81. The Balaban J connectivity index is 1.71. The Morgan fingerprint density at radius 3 is 3.00 bits per heavy atom. The molecule has 2 rings (SSSR count). The predicted octanol–water partition coefficient (Wildman–Crippen LogP) is 0.176. The van der Waals surface area contributed by atoms with E-state index in [0.717, 1.165) is 0 Å². The van der Waals surface area contributed by atoms with Gasteiger partial charge in [0.2, 0.25) is 5.91 Å². The molecule has 8 heteroatoms. The smallest absolute Gasteiger partial charge is 0.254 e. The third kappa shape index (κ3) is 3.67. The van der Waals surface area contributed by atoms with E-state index < -0.39 is 0 Å². The average Bonchev–Trinajstić information content (AvgIpc) is 3.11. The lowest BCUT2D eigenvalue weighted by Gasteiger charge is -2.15. The molecule has 0 saturated heterocycles. The van der Waals surface area contributed by atoms with Crippen molar-refractivity contribution in [2.24, 2.45) is 0 Å². The first-order valence-electron chi connectivity index (χ1n) is 6.05. The minimum Gasteiger partial charge on any atom is -0.472 e. The Bertz CT molecular complexity index is 550. The van der Waals surface area contributed by atoms with Crippen LogP contribution in [0.5, 0.6) is 0 Å². The zero-order valence-corrected chi connectivity index (χ0v) is 11.0. The number of rotatable bonds is 6. The number of nitrogens with zero attached hydrogens (tertiary/aromatic N) is 3. The van der Waals surface area contributed by atoms with Crippen molar-refractivity contribution in [2.45, 2.75) is 13.0 Å². The molecule has 0 atom stereocenters. The van der Waals surface area contributed by atoms with Gasteiger partial charge >= 0.3 is 0 Å². The molecule has 0 aliphatic heterocycles. The lowest BCUT2D eigenvalue weighted by Crippen LogP contribution is -2.32. The first-order chi connectivity index (χ1) is 9.66. The molecule has 0 fully saturated rings. The Labute approximate surface area is 115 Å². The van der Waals surface area contributed by atoms with Crippen molar-refractivity contribution in [3.8, 4) is 0 Å². The number of amides is 2. The number of H-pyrrole nitrogens is 1. The van der Waals surface area contributed by atoms with Gasteiger partial charge < -0.3 is 14.6 Å². The second kappa shape index (κ2) is 6.50. The van der Waals surface area contributed by atoms with Crippen LogP contribution in [-0.4, -0.2) is 45.5 Å². The zero-order valence-electron chi connectivity index (χ0n) is 11.0. The number of hydrogen-bond acceptors (Lipinski definition) is 5. The molecular weight excluding hydrogens is 262 g/mol. The first kappa shape index (κ1) is 13.8. The van der Waals surface area contributed by atoms with Gasteiger partial charge in [-0.3, -0.25) is 14.7 Å². The standard InChI is InChI=1S/C12H15N5O3/c1-17(6-10-14-8-15-16-10)11(18)2-4-13-12(19)9-3-5-20-7-9/h3,5,7-8H,2,4,6H2,1H3,(H,13,19)(H,14,15,16). The molecule has 0 aromatic carbocycles. The van der Waals surface area contributed by atoms with Crippen LogP contribution >= 0.6 is 0 Å². The molecule has 0 bridgehead atoms. The van der Waals surface area contributed by atoms with Gasteiger partial charge in [0, 0.05) is 20.0 Å².